The van der Waals surface area contributed by atoms with E-state index in [2.05, 4.69) is 20.9 Å². The van der Waals surface area contributed by atoms with E-state index in [0.717, 1.165) is 0 Å². The van der Waals surface area contributed by atoms with E-state index in [1.165, 1.54) is 6.20 Å². The van der Waals surface area contributed by atoms with Crippen molar-refractivity contribution in [3.8, 4) is 0 Å². The predicted octanol–water partition coefficient (Wildman–Crippen LogP) is 2.22. The molecule has 0 fully saturated rings. The van der Waals surface area contributed by atoms with E-state index in [0.29, 0.717) is 17.1 Å². The van der Waals surface area contributed by atoms with E-state index >= 15 is 0 Å². The summed E-state index contributed by atoms with van der Waals surface area (Å²) in [6.45, 7) is 3.47. The van der Waals surface area contributed by atoms with E-state index in [-0.39, 0.29) is 49.1 Å². The largest absolute Gasteiger partial charge is 0.346 e. The number of halogens is 2. The van der Waals surface area contributed by atoms with E-state index in [1.54, 1.807) is 36.4 Å². The van der Waals surface area contributed by atoms with Gasteiger partial charge in [-0.1, -0.05) is 32.0 Å². The Labute approximate surface area is 181 Å². The average Bonchev–Trinajstić information content (AvgIpc) is 2.67. The number of nitrogens with zero attached hydrogens (tertiary/aromatic N) is 1. The van der Waals surface area contributed by atoms with Gasteiger partial charge >= 0.3 is 0 Å². The molecule has 29 heavy (non-hydrogen) atoms. The van der Waals surface area contributed by atoms with Crippen LogP contribution in [0.25, 0.3) is 0 Å². The summed E-state index contributed by atoms with van der Waals surface area (Å²) >= 11 is 0. The molecule has 0 aliphatic carbocycles. The van der Waals surface area contributed by atoms with Gasteiger partial charge in [0, 0.05) is 5.56 Å². The van der Waals surface area contributed by atoms with Gasteiger partial charge in [0.1, 0.15) is 5.82 Å². The van der Waals surface area contributed by atoms with Crippen molar-refractivity contribution in [3.05, 3.63) is 54.2 Å². The third-order valence-corrected chi connectivity index (χ3v) is 3.77. The van der Waals surface area contributed by atoms with Gasteiger partial charge in [-0.15, -0.1) is 24.8 Å². The molecule has 3 amide bonds. The first kappa shape index (κ1) is 26.3. The lowest BCUT2D eigenvalue weighted by Gasteiger charge is -2.15. The van der Waals surface area contributed by atoms with Crippen LogP contribution in [0, 0.1) is 5.92 Å². The summed E-state index contributed by atoms with van der Waals surface area (Å²) in [5, 5.41) is 7.76. The van der Waals surface area contributed by atoms with Gasteiger partial charge in [0.25, 0.3) is 5.91 Å². The normalized spacial score (nSPS) is 10.8. The molecule has 1 aromatic carbocycles. The second-order valence-electron chi connectivity index (χ2n) is 6.29. The molecule has 0 unspecified atom stereocenters. The summed E-state index contributed by atoms with van der Waals surface area (Å²) in [6, 6.07) is 11.3. The second kappa shape index (κ2) is 12.7. The van der Waals surface area contributed by atoms with Gasteiger partial charge in [-0.3, -0.25) is 14.4 Å². The highest BCUT2D eigenvalue weighted by Gasteiger charge is 2.17. The van der Waals surface area contributed by atoms with Gasteiger partial charge in [-0.2, -0.15) is 0 Å². The topological polar surface area (TPSA) is 126 Å². The van der Waals surface area contributed by atoms with Crippen LogP contribution in [-0.4, -0.2) is 35.3 Å². The predicted molar refractivity (Wildman–Crippen MR) is 118 cm³/mol. The zero-order chi connectivity index (χ0) is 19.8. The number of aromatic nitrogens is 1. The molecule has 5 N–H and O–H groups in total. The zero-order valence-electron chi connectivity index (χ0n) is 16.0. The number of carbonyl (C=O) groups excluding carboxylic acids is 3. The van der Waals surface area contributed by atoms with Crippen molar-refractivity contribution in [1.29, 1.82) is 0 Å². The molecular weight excluding hydrogens is 417 g/mol. The monoisotopic (exact) mass is 441 g/mol. The quantitative estimate of drug-likeness (QED) is 0.523. The van der Waals surface area contributed by atoms with Crippen molar-refractivity contribution >= 4 is 54.0 Å². The maximum atomic E-state index is 12.1. The standard InChI is InChI=1S/C19H23N5O3.2ClH/c1-12(2)17(20)19(27)22-11-16(25)23-14-8-9-15(21-10-14)24-18(26)13-6-4-3-5-7-13;;/h3-10,12,17H,11,20H2,1-2H3,(H,22,27)(H,23,25)(H,21,24,26);2*1H/t17-;;/m0../s1. The highest BCUT2D eigenvalue weighted by molar-refractivity contribution is 6.03. The number of amides is 3. The first-order valence-corrected chi connectivity index (χ1v) is 8.52. The molecule has 1 atom stereocenters. The Balaban J connectivity index is 0.00000392. The van der Waals surface area contributed by atoms with E-state index in [1.807, 2.05) is 19.9 Å². The Morgan fingerprint density at radius 1 is 1.00 bits per heavy atom. The smallest absolute Gasteiger partial charge is 0.256 e. The minimum atomic E-state index is -0.660. The van der Waals surface area contributed by atoms with Gasteiger partial charge in [0.2, 0.25) is 11.8 Å². The number of carbonyl (C=O) groups is 3. The molecule has 2 rings (SSSR count). The molecule has 1 aromatic heterocycles. The van der Waals surface area contributed by atoms with Gasteiger partial charge in [-0.25, -0.2) is 4.98 Å². The van der Waals surface area contributed by atoms with Crippen LogP contribution in [0.1, 0.15) is 24.2 Å². The number of nitrogens with one attached hydrogen (secondary N) is 3. The molecule has 0 saturated heterocycles. The van der Waals surface area contributed by atoms with Crippen molar-refractivity contribution in [2.45, 2.75) is 19.9 Å². The van der Waals surface area contributed by atoms with Crippen molar-refractivity contribution in [2.75, 3.05) is 17.2 Å². The molecule has 0 radical (unpaired) electrons. The van der Waals surface area contributed by atoms with Gasteiger partial charge in [-0.05, 0) is 30.2 Å². The minimum Gasteiger partial charge on any atom is -0.346 e. The molecule has 8 nitrogen and oxygen atoms in total. The molecular formula is C19H25Cl2N5O3. The van der Waals surface area contributed by atoms with Crippen molar-refractivity contribution in [1.82, 2.24) is 10.3 Å². The van der Waals surface area contributed by atoms with E-state index in [9.17, 15) is 14.4 Å². The maximum absolute atomic E-state index is 12.1. The molecule has 0 saturated carbocycles. The molecule has 0 bridgehead atoms. The highest BCUT2D eigenvalue weighted by Crippen LogP contribution is 2.11. The summed E-state index contributed by atoms with van der Waals surface area (Å²) in [6.07, 6.45) is 1.42. The van der Waals surface area contributed by atoms with Crippen LogP contribution in [0.3, 0.4) is 0 Å². The second-order valence-corrected chi connectivity index (χ2v) is 6.29. The fraction of sp³-hybridized carbons (Fsp3) is 0.263. The number of hydrogen-bond donors (Lipinski definition) is 4. The molecule has 0 aliphatic heterocycles. The first-order valence-electron chi connectivity index (χ1n) is 8.52. The summed E-state index contributed by atoms with van der Waals surface area (Å²) in [4.78, 5) is 39.8. The number of benzene rings is 1. The minimum absolute atomic E-state index is 0. The average molecular weight is 442 g/mol. The SMILES string of the molecule is CC(C)[C@H](N)C(=O)NCC(=O)Nc1ccc(NC(=O)c2ccccc2)nc1.Cl.Cl. The van der Waals surface area contributed by atoms with Gasteiger partial charge in [0.15, 0.2) is 0 Å². The fourth-order valence-corrected chi connectivity index (χ4v) is 2.11. The van der Waals surface area contributed by atoms with E-state index < -0.39 is 11.9 Å². The van der Waals surface area contributed by atoms with Gasteiger partial charge in [0.05, 0.1) is 24.5 Å². The Bertz CT molecular complexity index is 801. The van der Waals surface area contributed by atoms with Crippen molar-refractivity contribution in [2.24, 2.45) is 11.7 Å². The summed E-state index contributed by atoms with van der Waals surface area (Å²) in [5.74, 6) is -0.711. The number of nitrogens with two attached hydrogens (primary N) is 1. The third-order valence-electron chi connectivity index (χ3n) is 3.77. The zero-order valence-corrected chi connectivity index (χ0v) is 17.7. The molecule has 0 spiro atoms. The lowest BCUT2D eigenvalue weighted by Crippen LogP contribution is -2.46. The van der Waals surface area contributed by atoms with Crippen LogP contribution in [0.15, 0.2) is 48.7 Å². The number of hydrogen-bond acceptors (Lipinski definition) is 5. The summed E-state index contributed by atoms with van der Waals surface area (Å²) in [7, 11) is 0. The molecule has 158 valence electrons. The summed E-state index contributed by atoms with van der Waals surface area (Å²) in [5.41, 5.74) is 6.67. The van der Waals surface area contributed by atoms with Crippen molar-refractivity contribution < 1.29 is 14.4 Å². The molecule has 1 heterocycles. The van der Waals surface area contributed by atoms with Crippen LogP contribution >= 0.6 is 24.8 Å². The third kappa shape index (κ3) is 8.47. The van der Waals surface area contributed by atoms with Gasteiger partial charge < -0.3 is 21.7 Å². The van der Waals surface area contributed by atoms with Crippen LogP contribution in [-0.2, 0) is 9.59 Å². The van der Waals surface area contributed by atoms with Crippen LogP contribution in [0.2, 0.25) is 0 Å². The van der Waals surface area contributed by atoms with E-state index in [4.69, 9.17) is 5.73 Å². The Kier molecular flexibility index (Phi) is 11.5. The fourth-order valence-electron chi connectivity index (χ4n) is 2.11. The number of rotatable bonds is 7. The lowest BCUT2D eigenvalue weighted by molar-refractivity contribution is -0.125. The highest BCUT2D eigenvalue weighted by atomic mass is 35.5. The van der Waals surface area contributed by atoms with Crippen LogP contribution in [0.5, 0.6) is 0 Å². The van der Waals surface area contributed by atoms with Crippen molar-refractivity contribution in [3.63, 3.8) is 0 Å². The molecule has 10 heteroatoms. The maximum Gasteiger partial charge on any atom is 0.256 e. The number of anilines is 2. The van der Waals surface area contributed by atoms with Crippen LogP contribution < -0.4 is 21.7 Å². The lowest BCUT2D eigenvalue weighted by atomic mass is 10.1. The molecule has 0 aliphatic rings. The number of pyridine rings is 1. The Morgan fingerprint density at radius 2 is 1.66 bits per heavy atom. The first-order chi connectivity index (χ1) is 12.9. The Morgan fingerprint density at radius 3 is 2.21 bits per heavy atom. The summed E-state index contributed by atoms with van der Waals surface area (Å²) < 4.78 is 0. The molecule has 2 aromatic rings. The Hall–Kier alpha value is -2.68. The van der Waals surface area contributed by atoms with Crippen LogP contribution in [0.4, 0.5) is 11.5 Å².